The number of aromatic nitrogens is 2. The average molecular weight is 667 g/mol. The van der Waals surface area contributed by atoms with Crippen molar-refractivity contribution in [3.8, 4) is 16.9 Å². The van der Waals surface area contributed by atoms with E-state index in [1.54, 1.807) is 30.0 Å². The first-order valence-corrected chi connectivity index (χ1v) is 17.9. The number of fused-ring (bicyclic) bond motifs is 3. The third-order valence-corrected chi connectivity index (χ3v) is 10.1. The first-order valence-electron chi connectivity index (χ1n) is 16.5. The van der Waals surface area contributed by atoms with Gasteiger partial charge in [0.05, 0.1) is 19.3 Å². The highest BCUT2D eigenvalue weighted by Crippen LogP contribution is 2.57. The maximum atomic E-state index is 13.5. The fraction of sp³-hybridized carbons (Fsp3) is 0.368. The largest absolute Gasteiger partial charge is 0.493 e. The molecule has 1 saturated carbocycles. The fourth-order valence-corrected chi connectivity index (χ4v) is 7.02. The lowest BCUT2D eigenvalue weighted by Gasteiger charge is -2.30. The topological polar surface area (TPSA) is 114 Å². The van der Waals surface area contributed by atoms with Crippen molar-refractivity contribution < 1.29 is 24.2 Å². The smallest absolute Gasteiger partial charge is 0.326 e. The summed E-state index contributed by atoms with van der Waals surface area (Å²) in [4.78, 5) is 40.0. The van der Waals surface area contributed by atoms with Crippen LogP contribution in [0.15, 0.2) is 73.1 Å². The Morgan fingerprint density at radius 2 is 1.92 bits per heavy atom. The molecule has 10 heteroatoms. The Morgan fingerprint density at radius 1 is 1.10 bits per heavy atom. The third-order valence-electron chi connectivity index (χ3n) is 9.42. The summed E-state index contributed by atoms with van der Waals surface area (Å²) in [6.07, 6.45) is 8.29. The molecule has 1 aromatic heterocycles. The molecule has 0 spiro atoms. The van der Waals surface area contributed by atoms with Gasteiger partial charge in [-0.2, -0.15) is 16.9 Å². The van der Waals surface area contributed by atoms with Crippen LogP contribution >= 0.6 is 11.8 Å². The summed E-state index contributed by atoms with van der Waals surface area (Å²) in [5, 5.41) is 16.8. The van der Waals surface area contributed by atoms with E-state index in [0.717, 1.165) is 46.7 Å². The monoisotopic (exact) mass is 666 g/mol. The van der Waals surface area contributed by atoms with Gasteiger partial charge in [0.1, 0.15) is 11.8 Å². The molecule has 6 rings (SSSR count). The van der Waals surface area contributed by atoms with Gasteiger partial charge < -0.3 is 20.1 Å². The summed E-state index contributed by atoms with van der Waals surface area (Å²) in [6, 6.07) is 18.5. The number of ether oxygens (including phenoxy) is 1. The van der Waals surface area contributed by atoms with Gasteiger partial charge in [-0.05, 0) is 109 Å². The maximum Gasteiger partial charge on any atom is 0.326 e. The normalized spacial score (nSPS) is 16.9. The molecule has 0 bridgehead atoms. The number of thioether (sulfide) groups is 1. The van der Waals surface area contributed by atoms with E-state index in [-0.39, 0.29) is 5.91 Å². The highest BCUT2D eigenvalue weighted by Gasteiger charge is 2.47. The predicted molar refractivity (Wildman–Crippen MR) is 189 cm³/mol. The van der Waals surface area contributed by atoms with Crippen molar-refractivity contribution >= 4 is 35.2 Å². The number of carboxylic acids is 1. The summed E-state index contributed by atoms with van der Waals surface area (Å²) < 4.78 is 7.85. The van der Waals surface area contributed by atoms with Crippen LogP contribution in [0.1, 0.15) is 64.2 Å². The van der Waals surface area contributed by atoms with Crippen molar-refractivity contribution in [2.45, 2.75) is 58.0 Å². The summed E-state index contributed by atoms with van der Waals surface area (Å²) in [7, 11) is 0. The third kappa shape index (κ3) is 7.44. The molecule has 3 atom stereocenters. The van der Waals surface area contributed by atoms with Gasteiger partial charge in [0.2, 0.25) is 5.91 Å². The standard InChI is InChI=1S/C38H42N4O5S/c1-24-8-4-13-34(25(24)2)47-16-7-14-35(43)42-23-28-19-31(28)36-30(11-6-12-33(36)42)29-20-39-41(22-29)21-26-9-5-10-27(18-26)37(44)40-32(38(45)46)15-17-48-3/h4-6,8-13,18,20,22,28,31-32H,7,14-17,19,21,23H2,1-3H3,(H,40,44)(H,45,46)/t28-,31-,32-/m0/s1. The van der Waals surface area contributed by atoms with Crippen molar-refractivity contribution in [2.24, 2.45) is 5.92 Å². The fourth-order valence-electron chi connectivity index (χ4n) is 6.54. The minimum absolute atomic E-state index is 0.127. The van der Waals surface area contributed by atoms with E-state index in [4.69, 9.17) is 4.74 Å². The number of carboxylic acid groups (broad SMARTS) is 1. The van der Waals surface area contributed by atoms with Crippen molar-refractivity contribution in [3.05, 3.63) is 101 Å². The van der Waals surface area contributed by atoms with Crippen LogP contribution in [0.4, 0.5) is 5.69 Å². The van der Waals surface area contributed by atoms with Gasteiger partial charge in [0, 0.05) is 36.0 Å². The highest BCUT2D eigenvalue weighted by molar-refractivity contribution is 7.98. The summed E-state index contributed by atoms with van der Waals surface area (Å²) >= 11 is 1.54. The lowest BCUT2D eigenvalue weighted by molar-refractivity contribution is -0.139. The Morgan fingerprint density at radius 3 is 2.73 bits per heavy atom. The molecule has 2 amide bonds. The second-order valence-electron chi connectivity index (χ2n) is 12.8. The highest BCUT2D eigenvalue weighted by atomic mass is 32.2. The number of rotatable bonds is 14. The van der Waals surface area contributed by atoms with Crippen LogP contribution in [0, 0.1) is 19.8 Å². The molecule has 0 unspecified atom stereocenters. The molecule has 9 nitrogen and oxygen atoms in total. The number of hydrogen-bond donors (Lipinski definition) is 2. The van der Waals surface area contributed by atoms with E-state index in [1.807, 2.05) is 52.5 Å². The van der Waals surface area contributed by atoms with Gasteiger partial charge in [0.25, 0.3) is 5.91 Å². The summed E-state index contributed by atoms with van der Waals surface area (Å²) in [6.45, 7) is 5.83. The maximum absolute atomic E-state index is 13.5. The van der Waals surface area contributed by atoms with Crippen molar-refractivity contribution in [3.63, 3.8) is 0 Å². The van der Waals surface area contributed by atoms with Gasteiger partial charge >= 0.3 is 5.97 Å². The van der Waals surface area contributed by atoms with Gasteiger partial charge in [-0.25, -0.2) is 4.79 Å². The summed E-state index contributed by atoms with van der Waals surface area (Å²) in [5.41, 5.74) is 7.92. The Balaban J connectivity index is 1.12. The van der Waals surface area contributed by atoms with Crippen molar-refractivity contribution in [1.82, 2.24) is 15.1 Å². The molecule has 0 radical (unpaired) electrons. The number of hydrogen-bond acceptors (Lipinski definition) is 6. The van der Waals surface area contributed by atoms with Crippen LogP contribution in [0.25, 0.3) is 11.1 Å². The molecule has 2 heterocycles. The van der Waals surface area contributed by atoms with Crippen LogP contribution in [0.5, 0.6) is 5.75 Å². The number of nitrogens with zero attached hydrogens (tertiary/aromatic N) is 3. The molecule has 2 aliphatic rings. The molecule has 4 aromatic rings. The molecule has 48 heavy (non-hydrogen) atoms. The molecular weight excluding hydrogens is 625 g/mol. The number of nitrogens with one attached hydrogen (secondary N) is 1. The van der Waals surface area contributed by atoms with E-state index >= 15 is 0 Å². The first kappa shape index (κ1) is 33.3. The van der Waals surface area contributed by atoms with Gasteiger partial charge in [0.15, 0.2) is 0 Å². The number of carbonyl (C=O) groups excluding carboxylic acids is 2. The zero-order chi connectivity index (χ0) is 33.8. The van der Waals surface area contributed by atoms with Gasteiger partial charge in [-0.1, -0.05) is 36.4 Å². The van der Waals surface area contributed by atoms with Gasteiger partial charge in [-0.15, -0.1) is 0 Å². The number of anilines is 1. The van der Waals surface area contributed by atoms with E-state index in [0.29, 0.717) is 55.6 Å². The zero-order valence-corrected chi connectivity index (χ0v) is 28.5. The van der Waals surface area contributed by atoms with E-state index < -0.39 is 17.9 Å². The SMILES string of the molecule is CSCC[C@H](NC(=O)c1cccc(Cn2cc(-c3cccc4c3[C@H]3C[C@H]3CN4C(=O)CCCOc3cccc(C)c3C)cn2)c1)C(=O)O. The summed E-state index contributed by atoms with van der Waals surface area (Å²) in [5.74, 6) is 1.11. The van der Waals surface area contributed by atoms with Gasteiger partial charge in [-0.3, -0.25) is 14.3 Å². The van der Waals surface area contributed by atoms with Crippen molar-refractivity contribution in [2.75, 3.05) is 30.1 Å². The number of amides is 2. The van der Waals surface area contributed by atoms with E-state index in [9.17, 15) is 19.5 Å². The quantitative estimate of drug-likeness (QED) is 0.149. The Labute approximate surface area is 285 Å². The number of aliphatic carboxylic acids is 1. The Hall–Kier alpha value is -4.57. The molecule has 3 aromatic carbocycles. The Bertz CT molecular complexity index is 1820. The number of benzene rings is 3. The molecule has 2 N–H and O–H groups in total. The average Bonchev–Trinajstić information content (AvgIpc) is 3.73. The number of aryl methyl sites for hydroxylation is 1. The lowest BCUT2D eigenvalue weighted by Crippen LogP contribution is -2.41. The van der Waals surface area contributed by atoms with Crippen LogP contribution in [-0.2, 0) is 16.1 Å². The van der Waals surface area contributed by atoms with Crippen molar-refractivity contribution in [1.29, 1.82) is 0 Å². The van der Waals surface area contributed by atoms with E-state index in [1.165, 1.54) is 11.1 Å². The van der Waals surface area contributed by atoms with Crippen LogP contribution in [-0.4, -0.2) is 63.9 Å². The predicted octanol–water partition coefficient (Wildman–Crippen LogP) is 6.46. The zero-order valence-electron chi connectivity index (χ0n) is 27.6. The molecule has 1 fully saturated rings. The molecule has 1 aliphatic carbocycles. The van der Waals surface area contributed by atoms with Crippen LogP contribution in [0.3, 0.4) is 0 Å². The van der Waals surface area contributed by atoms with Crippen LogP contribution < -0.4 is 15.0 Å². The molecule has 250 valence electrons. The second-order valence-corrected chi connectivity index (χ2v) is 13.8. The second kappa shape index (κ2) is 14.7. The molecular formula is C38H42N4O5S. The molecule has 1 aliphatic heterocycles. The number of carbonyl (C=O) groups is 3. The molecule has 0 saturated heterocycles. The van der Waals surface area contributed by atoms with E-state index in [2.05, 4.69) is 42.5 Å². The first-order chi connectivity index (χ1) is 23.2. The lowest BCUT2D eigenvalue weighted by atomic mass is 9.92. The minimum Gasteiger partial charge on any atom is -0.493 e. The van der Waals surface area contributed by atoms with Crippen LogP contribution in [0.2, 0.25) is 0 Å². The Kier molecular flexibility index (Phi) is 10.2. The minimum atomic E-state index is -1.04.